The smallest absolute Gasteiger partial charge is 0.236 e. The van der Waals surface area contributed by atoms with E-state index in [4.69, 9.17) is 10.5 Å². The van der Waals surface area contributed by atoms with Gasteiger partial charge in [0.25, 0.3) is 0 Å². The van der Waals surface area contributed by atoms with E-state index in [2.05, 4.69) is 12.2 Å². The quantitative estimate of drug-likeness (QED) is 0.669. The van der Waals surface area contributed by atoms with E-state index in [1.54, 1.807) is 0 Å². The lowest BCUT2D eigenvalue weighted by molar-refractivity contribution is -0.128. The van der Waals surface area contributed by atoms with Crippen LogP contribution in [0.4, 0.5) is 0 Å². The molecule has 4 heteroatoms. The van der Waals surface area contributed by atoms with Gasteiger partial charge in [0.05, 0.1) is 19.3 Å². The van der Waals surface area contributed by atoms with Gasteiger partial charge in [-0.25, -0.2) is 0 Å². The van der Waals surface area contributed by atoms with Crippen molar-refractivity contribution in [2.24, 2.45) is 11.1 Å². The number of carbonyl (C=O) groups is 1. The van der Waals surface area contributed by atoms with Crippen LogP contribution in [-0.2, 0) is 9.53 Å². The number of nitrogens with two attached hydrogens (primary N) is 1. The summed E-state index contributed by atoms with van der Waals surface area (Å²) in [4.78, 5) is 11.4. The monoisotopic (exact) mass is 200 g/mol. The minimum atomic E-state index is -0.357. The molecule has 1 atom stereocenters. The number of hydrogen-bond donors (Lipinski definition) is 2. The molecule has 0 unspecified atom stereocenters. The molecule has 3 N–H and O–H groups in total. The number of ether oxygens (including phenoxy) is 1. The first kappa shape index (κ1) is 11.5. The van der Waals surface area contributed by atoms with Crippen LogP contribution in [0.25, 0.3) is 0 Å². The first-order valence-electron chi connectivity index (χ1n) is 5.18. The molecule has 1 heterocycles. The maximum atomic E-state index is 11.4. The SMILES string of the molecule is CCC[C@H](N)C(=O)NCC1(C)COC1. The van der Waals surface area contributed by atoms with Crippen LogP contribution in [0.1, 0.15) is 26.7 Å². The Morgan fingerprint density at radius 3 is 2.71 bits per heavy atom. The molecule has 1 amide bonds. The lowest BCUT2D eigenvalue weighted by Gasteiger charge is -2.38. The minimum absolute atomic E-state index is 0.0417. The molecule has 0 aromatic rings. The molecule has 4 nitrogen and oxygen atoms in total. The van der Waals surface area contributed by atoms with Gasteiger partial charge in [-0.05, 0) is 6.42 Å². The number of nitrogens with one attached hydrogen (secondary N) is 1. The van der Waals surface area contributed by atoms with Crippen LogP contribution in [0.3, 0.4) is 0 Å². The summed E-state index contributed by atoms with van der Waals surface area (Å²) in [7, 11) is 0. The number of hydrogen-bond acceptors (Lipinski definition) is 3. The van der Waals surface area contributed by atoms with Crippen molar-refractivity contribution in [2.45, 2.75) is 32.7 Å². The van der Waals surface area contributed by atoms with Gasteiger partial charge in [0, 0.05) is 12.0 Å². The van der Waals surface area contributed by atoms with Gasteiger partial charge in [0.1, 0.15) is 0 Å². The molecule has 82 valence electrons. The van der Waals surface area contributed by atoms with Crippen LogP contribution in [0.2, 0.25) is 0 Å². The Labute approximate surface area is 85.2 Å². The van der Waals surface area contributed by atoms with Crippen molar-refractivity contribution in [3.05, 3.63) is 0 Å². The second-order valence-corrected chi connectivity index (χ2v) is 4.42. The largest absolute Gasteiger partial charge is 0.380 e. The van der Waals surface area contributed by atoms with Crippen molar-refractivity contribution in [2.75, 3.05) is 19.8 Å². The van der Waals surface area contributed by atoms with Crippen molar-refractivity contribution in [3.8, 4) is 0 Å². The van der Waals surface area contributed by atoms with Crippen molar-refractivity contribution in [1.29, 1.82) is 0 Å². The maximum absolute atomic E-state index is 11.4. The van der Waals surface area contributed by atoms with Gasteiger partial charge >= 0.3 is 0 Å². The summed E-state index contributed by atoms with van der Waals surface area (Å²) >= 11 is 0. The van der Waals surface area contributed by atoms with Crippen molar-refractivity contribution in [3.63, 3.8) is 0 Å². The minimum Gasteiger partial charge on any atom is -0.380 e. The second kappa shape index (κ2) is 4.75. The van der Waals surface area contributed by atoms with Gasteiger partial charge in [0.2, 0.25) is 5.91 Å². The molecule has 0 saturated carbocycles. The molecular weight excluding hydrogens is 180 g/mol. The molecule has 1 aliphatic heterocycles. The summed E-state index contributed by atoms with van der Waals surface area (Å²) in [6, 6.07) is -0.357. The van der Waals surface area contributed by atoms with Crippen LogP contribution in [-0.4, -0.2) is 31.7 Å². The van der Waals surface area contributed by atoms with E-state index >= 15 is 0 Å². The molecule has 1 aliphatic rings. The fourth-order valence-electron chi connectivity index (χ4n) is 1.43. The Morgan fingerprint density at radius 1 is 1.64 bits per heavy atom. The van der Waals surface area contributed by atoms with Crippen molar-refractivity contribution in [1.82, 2.24) is 5.32 Å². The Hall–Kier alpha value is -0.610. The molecule has 0 bridgehead atoms. The van der Waals surface area contributed by atoms with E-state index < -0.39 is 0 Å². The van der Waals surface area contributed by atoms with Crippen LogP contribution >= 0.6 is 0 Å². The van der Waals surface area contributed by atoms with E-state index in [-0.39, 0.29) is 17.4 Å². The fraction of sp³-hybridized carbons (Fsp3) is 0.900. The van der Waals surface area contributed by atoms with Gasteiger partial charge in [0.15, 0.2) is 0 Å². The van der Waals surface area contributed by atoms with Gasteiger partial charge in [-0.15, -0.1) is 0 Å². The molecule has 0 aromatic heterocycles. The van der Waals surface area contributed by atoms with E-state index in [1.807, 2.05) is 6.92 Å². The summed E-state index contributed by atoms with van der Waals surface area (Å²) in [6.07, 6.45) is 1.69. The predicted octanol–water partition coefficient (Wildman–Crippen LogP) is 0.267. The maximum Gasteiger partial charge on any atom is 0.236 e. The summed E-state index contributed by atoms with van der Waals surface area (Å²) in [6.45, 7) is 6.26. The first-order chi connectivity index (χ1) is 6.57. The molecule has 0 aromatic carbocycles. The zero-order valence-electron chi connectivity index (χ0n) is 9.01. The van der Waals surface area contributed by atoms with Crippen LogP contribution in [0.15, 0.2) is 0 Å². The molecule has 0 aliphatic carbocycles. The Morgan fingerprint density at radius 2 is 2.29 bits per heavy atom. The van der Waals surface area contributed by atoms with Crippen molar-refractivity contribution < 1.29 is 9.53 Å². The molecule has 0 radical (unpaired) electrons. The highest BCUT2D eigenvalue weighted by atomic mass is 16.5. The van der Waals surface area contributed by atoms with Crippen LogP contribution < -0.4 is 11.1 Å². The highest BCUT2D eigenvalue weighted by Crippen LogP contribution is 2.24. The number of amides is 1. The third kappa shape index (κ3) is 2.96. The molecule has 1 saturated heterocycles. The van der Waals surface area contributed by atoms with E-state index in [1.165, 1.54) is 0 Å². The van der Waals surface area contributed by atoms with Gasteiger partial charge in [-0.2, -0.15) is 0 Å². The normalized spacial score (nSPS) is 21.1. The number of rotatable bonds is 5. The average Bonchev–Trinajstić information content (AvgIpc) is 2.11. The summed E-state index contributed by atoms with van der Waals surface area (Å²) in [5.74, 6) is -0.0417. The van der Waals surface area contributed by atoms with Crippen LogP contribution in [0, 0.1) is 5.41 Å². The fourth-order valence-corrected chi connectivity index (χ4v) is 1.43. The Kier molecular flexibility index (Phi) is 3.89. The highest BCUT2D eigenvalue weighted by Gasteiger charge is 2.33. The lowest BCUT2D eigenvalue weighted by atomic mass is 9.88. The first-order valence-corrected chi connectivity index (χ1v) is 5.18. The predicted molar refractivity (Wildman–Crippen MR) is 54.8 cm³/mol. The van der Waals surface area contributed by atoms with Gasteiger partial charge < -0.3 is 15.8 Å². The van der Waals surface area contributed by atoms with E-state index in [9.17, 15) is 4.79 Å². The lowest BCUT2D eigenvalue weighted by Crippen LogP contribution is -2.51. The standard InChI is InChI=1S/C10H20N2O2/c1-3-4-8(11)9(13)12-5-10(2)6-14-7-10/h8H,3-7,11H2,1-2H3,(H,12,13)/t8-/m0/s1. The molecule has 1 fully saturated rings. The topological polar surface area (TPSA) is 64.4 Å². The highest BCUT2D eigenvalue weighted by molar-refractivity contribution is 5.81. The second-order valence-electron chi connectivity index (χ2n) is 4.42. The average molecular weight is 200 g/mol. The Bertz CT molecular complexity index is 202. The summed E-state index contributed by atoms with van der Waals surface area (Å²) in [5.41, 5.74) is 5.80. The summed E-state index contributed by atoms with van der Waals surface area (Å²) < 4.78 is 5.10. The molecule has 1 rings (SSSR count). The van der Waals surface area contributed by atoms with Gasteiger partial charge in [-0.1, -0.05) is 20.3 Å². The third-order valence-electron chi connectivity index (χ3n) is 2.53. The third-order valence-corrected chi connectivity index (χ3v) is 2.53. The van der Waals surface area contributed by atoms with E-state index in [0.717, 1.165) is 26.1 Å². The van der Waals surface area contributed by atoms with Crippen LogP contribution in [0.5, 0.6) is 0 Å². The molecular formula is C10H20N2O2. The molecule has 14 heavy (non-hydrogen) atoms. The summed E-state index contributed by atoms with van der Waals surface area (Å²) in [5, 5.41) is 2.87. The number of carbonyl (C=O) groups excluding carboxylic acids is 1. The van der Waals surface area contributed by atoms with Crippen molar-refractivity contribution >= 4 is 5.91 Å². The zero-order chi connectivity index (χ0) is 10.6. The zero-order valence-corrected chi connectivity index (χ0v) is 9.01. The van der Waals surface area contributed by atoms with E-state index in [0.29, 0.717) is 6.54 Å². The van der Waals surface area contributed by atoms with Gasteiger partial charge in [-0.3, -0.25) is 4.79 Å². The molecule has 0 spiro atoms. The Balaban J connectivity index is 2.20.